The molecule has 11 heteroatoms. The summed E-state index contributed by atoms with van der Waals surface area (Å²) in [6.45, 7) is -0.856. The first kappa shape index (κ1) is 26.2. The first-order valence-electron chi connectivity index (χ1n) is 2.94. The molecule has 3 N–H and O–H groups in total. The van der Waals surface area contributed by atoms with E-state index in [0.29, 0.717) is 0 Å². The standard InChI is InChI=1S/C4H10NO6P.3Na/c1-5(8,2-4(6)7)3-12(9,10)11;;;/h2-3H2,1H3,(H,6,7)(H2,9,10,11);;;. The van der Waals surface area contributed by atoms with E-state index in [1.807, 2.05) is 0 Å². The van der Waals surface area contributed by atoms with E-state index in [1.165, 1.54) is 0 Å². The van der Waals surface area contributed by atoms with Gasteiger partial charge in [-0.2, -0.15) is 0 Å². The van der Waals surface area contributed by atoms with Crippen LogP contribution in [0.2, 0.25) is 0 Å². The maximum atomic E-state index is 11.0. The zero-order valence-electron chi connectivity index (χ0n) is 9.38. The fourth-order valence-corrected chi connectivity index (χ4v) is 1.61. The Morgan fingerprint density at radius 1 is 1.33 bits per heavy atom. The summed E-state index contributed by atoms with van der Waals surface area (Å²) >= 11 is 0. The van der Waals surface area contributed by atoms with E-state index < -0.39 is 31.0 Å². The van der Waals surface area contributed by atoms with Crippen molar-refractivity contribution in [3.05, 3.63) is 5.21 Å². The van der Waals surface area contributed by atoms with Gasteiger partial charge in [-0.3, -0.25) is 4.57 Å². The van der Waals surface area contributed by atoms with Gasteiger partial charge in [0, 0.05) is 88.7 Å². The van der Waals surface area contributed by atoms with Gasteiger partial charge >= 0.3 is 13.6 Å². The third-order valence-electron chi connectivity index (χ3n) is 0.953. The summed E-state index contributed by atoms with van der Waals surface area (Å²) in [5.74, 6) is -1.39. The molecule has 0 amide bonds. The van der Waals surface area contributed by atoms with Crippen LogP contribution < -0.4 is 0 Å². The molecule has 0 fully saturated rings. The van der Waals surface area contributed by atoms with Crippen molar-refractivity contribution in [2.24, 2.45) is 0 Å². The van der Waals surface area contributed by atoms with Gasteiger partial charge < -0.3 is 24.7 Å². The van der Waals surface area contributed by atoms with E-state index in [4.69, 9.17) is 14.9 Å². The zero-order valence-corrected chi connectivity index (χ0v) is 16.3. The molecule has 0 aliphatic carbocycles. The number of carbonyl (C=O) groups is 1. The van der Waals surface area contributed by atoms with Crippen molar-refractivity contribution < 1.29 is 28.9 Å². The molecule has 0 spiro atoms. The van der Waals surface area contributed by atoms with Crippen LogP contribution in [-0.4, -0.2) is 134 Å². The minimum Gasteiger partial charge on any atom is -0.632 e. The third kappa shape index (κ3) is 19.1. The number of likely N-dealkylation sites (N-methyl/N-ethyl adjacent to an activating group) is 1. The third-order valence-corrected chi connectivity index (χ3v) is 1.92. The van der Waals surface area contributed by atoms with E-state index in [2.05, 4.69) is 0 Å². The predicted molar refractivity (Wildman–Crippen MR) is 56.2 cm³/mol. The Morgan fingerprint density at radius 3 is 1.87 bits per heavy atom. The minimum atomic E-state index is -4.45. The van der Waals surface area contributed by atoms with Crippen molar-refractivity contribution in [2.75, 3.05) is 19.9 Å². The van der Waals surface area contributed by atoms with Crippen molar-refractivity contribution in [3.8, 4) is 0 Å². The molecule has 75 valence electrons. The number of quaternary nitrogens is 1. The van der Waals surface area contributed by atoms with E-state index in [0.717, 1.165) is 7.05 Å². The molecule has 1 unspecified atom stereocenters. The number of hydroxylamine groups is 3. The topological polar surface area (TPSA) is 118 Å². The van der Waals surface area contributed by atoms with Crippen LogP contribution in [-0.2, 0) is 9.36 Å². The van der Waals surface area contributed by atoms with Gasteiger partial charge in [0.1, 0.15) is 0 Å². The summed E-state index contributed by atoms with van der Waals surface area (Å²) in [5, 5.41) is 19.2. The average molecular weight is 268 g/mol. The maximum absolute atomic E-state index is 11.0. The zero-order chi connectivity index (χ0) is 9.99. The fourth-order valence-electron chi connectivity index (χ4n) is 0.726. The molecule has 0 aromatic heterocycles. The van der Waals surface area contributed by atoms with Crippen molar-refractivity contribution in [1.82, 2.24) is 0 Å². The number of carboxylic acid groups (broad SMARTS) is 1. The molecule has 0 bridgehead atoms. The first-order chi connectivity index (χ1) is 5.12. The van der Waals surface area contributed by atoms with Crippen LogP contribution in [0, 0.1) is 5.21 Å². The van der Waals surface area contributed by atoms with Crippen molar-refractivity contribution >= 4 is 102 Å². The Morgan fingerprint density at radius 2 is 1.67 bits per heavy atom. The minimum absolute atomic E-state index is 0. The number of aliphatic carboxylic acids is 1. The Labute approximate surface area is 154 Å². The van der Waals surface area contributed by atoms with Crippen LogP contribution in [0.3, 0.4) is 0 Å². The molecule has 3 radical (unpaired) electrons. The van der Waals surface area contributed by atoms with E-state index >= 15 is 0 Å². The van der Waals surface area contributed by atoms with Crippen molar-refractivity contribution in [3.63, 3.8) is 0 Å². The second kappa shape index (κ2) is 10.5. The van der Waals surface area contributed by atoms with Crippen LogP contribution in [0.15, 0.2) is 0 Å². The van der Waals surface area contributed by atoms with Gasteiger partial charge in [-0.25, -0.2) is 4.79 Å². The summed E-state index contributed by atoms with van der Waals surface area (Å²) in [5.41, 5.74) is 0. The molecule has 0 aliphatic heterocycles. The summed E-state index contributed by atoms with van der Waals surface area (Å²) in [6, 6.07) is 0. The molecule has 0 aliphatic rings. The van der Waals surface area contributed by atoms with Crippen LogP contribution in [0.4, 0.5) is 0 Å². The van der Waals surface area contributed by atoms with Crippen LogP contribution in [0.5, 0.6) is 0 Å². The monoisotopic (exact) mass is 268 g/mol. The normalized spacial score (nSPS) is 13.6. The number of hydrogen-bond donors (Lipinski definition) is 3. The maximum Gasteiger partial charge on any atom is 0.379 e. The van der Waals surface area contributed by atoms with Crippen LogP contribution in [0.25, 0.3) is 0 Å². The molecule has 1 atom stereocenters. The number of hydrogen-bond acceptors (Lipinski definition) is 3. The van der Waals surface area contributed by atoms with E-state index in [1.54, 1.807) is 0 Å². The van der Waals surface area contributed by atoms with Crippen LogP contribution in [0.1, 0.15) is 0 Å². The number of rotatable bonds is 4. The van der Waals surface area contributed by atoms with Gasteiger partial charge in [0.25, 0.3) is 0 Å². The van der Waals surface area contributed by atoms with Crippen molar-refractivity contribution in [2.45, 2.75) is 0 Å². The second-order valence-corrected chi connectivity index (χ2v) is 4.27. The van der Waals surface area contributed by atoms with Crippen LogP contribution >= 0.6 is 7.60 Å². The molecule has 0 aromatic rings. The molecular weight excluding hydrogens is 258 g/mol. The van der Waals surface area contributed by atoms with Gasteiger partial charge in [0.05, 0.1) is 7.05 Å². The number of carboxylic acids is 1. The molecular formula is C4H10NNa3O6P. The number of nitrogens with zero attached hydrogens (tertiary/aromatic N) is 1. The molecule has 0 saturated carbocycles. The smallest absolute Gasteiger partial charge is 0.379 e. The summed E-state index contributed by atoms with van der Waals surface area (Å²) in [6.07, 6.45) is -1.01. The Bertz CT molecular complexity index is 230. The van der Waals surface area contributed by atoms with Gasteiger partial charge in [0.2, 0.25) is 0 Å². The van der Waals surface area contributed by atoms with E-state index in [9.17, 15) is 14.6 Å². The van der Waals surface area contributed by atoms with E-state index in [-0.39, 0.29) is 88.7 Å². The van der Waals surface area contributed by atoms with Gasteiger partial charge in [-0.1, -0.05) is 0 Å². The van der Waals surface area contributed by atoms with Gasteiger partial charge in [-0.05, 0) is 0 Å². The summed E-state index contributed by atoms with van der Waals surface area (Å²) < 4.78 is 8.84. The van der Waals surface area contributed by atoms with Crippen molar-refractivity contribution in [1.29, 1.82) is 0 Å². The first-order valence-corrected chi connectivity index (χ1v) is 4.74. The largest absolute Gasteiger partial charge is 0.632 e. The van der Waals surface area contributed by atoms with Gasteiger partial charge in [-0.15, -0.1) is 0 Å². The Kier molecular flexibility index (Phi) is 18.3. The molecule has 0 rings (SSSR count). The molecule has 0 aromatic carbocycles. The fraction of sp³-hybridized carbons (Fsp3) is 0.750. The Hall–Kier alpha value is 2.54. The molecule has 15 heavy (non-hydrogen) atoms. The second-order valence-electron chi connectivity index (χ2n) is 2.65. The molecule has 7 nitrogen and oxygen atoms in total. The SMILES string of the molecule is C[N+]([O-])(CC(=O)O)CP(=O)(O)O.[Na].[Na].[Na]. The summed E-state index contributed by atoms with van der Waals surface area (Å²) in [4.78, 5) is 26.8. The summed E-state index contributed by atoms with van der Waals surface area (Å²) in [7, 11) is -3.55. The average Bonchev–Trinajstić information content (AvgIpc) is 1.48. The quantitative estimate of drug-likeness (QED) is 0.235. The Balaban J connectivity index is -0.000000202. The predicted octanol–water partition coefficient (Wildman–Crippen LogP) is -1.99. The molecule has 0 saturated heterocycles. The molecule has 0 heterocycles. The van der Waals surface area contributed by atoms with Gasteiger partial charge in [0.15, 0.2) is 12.8 Å².